The number of ketones is 1. The largest absolute Gasteiger partial charge is 0.468 e. The molecular weight excluding hydrogens is 266 g/mol. The van der Waals surface area contributed by atoms with E-state index in [1.54, 1.807) is 24.4 Å². The molecule has 21 heavy (non-hydrogen) atoms. The maximum atomic E-state index is 12.6. The van der Waals surface area contributed by atoms with Crippen LogP contribution in [0.4, 0.5) is 0 Å². The predicted octanol–water partition coefficient (Wildman–Crippen LogP) is 3.40. The zero-order valence-corrected chi connectivity index (χ0v) is 12.3. The van der Waals surface area contributed by atoms with Gasteiger partial charge in [0, 0.05) is 17.1 Å². The first-order valence-corrected chi connectivity index (χ1v) is 7.14. The number of ether oxygens (including phenoxy) is 1. The number of aromatic nitrogens is 1. The standard InChI is InChI=1S/C17H19NO3/c1-3-4-7-14(17(20)21-2)16(19)13-8-9-15-12(11-13)6-5-10-18-15/h5-6,8-11,14H,3-4,7H2,1-2H3. The fourth-order valence-electron chi connectivity index (χ4n) is 2.34. The van der Waals surface area contributed by atoms with Crippen molar-refractivity contribution in [2.75, 3.05) is 7.11 Å². The summed E-state index contributed by atoms with van der Waals surface area (Å²) in [7, 11) is 1.32. The lowest BCUT2D eigenvalue weighted by Gasteiger charge is -2.13. The Morgan fingerprint density at radius 1 is 1.29 bits per heavy atom. The second-order valence-corrected chi connectivity index (χ2v) is 4.99. The van der Waals surface area contributed by atoms with Crippen molar-refractivity contribution >= 4 is 22.7 Å². The molecule has 2 rings (SSSR count). The Morgan fingerprint density at radius 2 is 2.10 bits per heavy atom. The summed E-state index contributed by atoms with van der Waals surface area (Å²) in [4.78, 5) is 28.6. The highest BCUT2D eigenvalue weighted by atomic mass is 16.5. The first-order valence-electron chi connectivity index (χ1n) is 7.14. The monoisotopic (exact) mass is 285 g/mol. The summed E-state index contributed by atoms with van der Waals surface area (Å²) in [5.74, 6) is -1.36. The Labute approximate surface area is 124 Å². The number of pyridine rings is 1. The minimum Gasteiger partial charge on any atom is -0.468 e. The van der Waals surface area contributed by atoms with Gasteiger partial charge in [-0.25, -0.2) is 0 Å². The molecule has 0 bridgehead atoms. The minimum atomic E-state index is -0.718. The molecule has 1 heterocycles. The van der Waals surface area contributed by atoms with Gasteiger partial charge in [-0.2, -0.15) is 0 Å². The van der Waals surface area contributed by atoms with Gasteiger partial charge in [-0.05, 0) is 30.7 Å². The van der Waals surface area contributed by atoms with Crippen molar-refractivity contribution in [3.05, 3.63) is 42.1 Å². The third-order valence-electron chi connectivity index (χ3n) is 3.54. The van der Waals surface area contributed by atoms with E-state index < -0.39 is 11.9 Å². The molecule has 4 nitrogen and oxygen atoms in total. The Kier molecular flexibility index (Phi) is 5.04. The van der Waals surface area contributed by atoms with Crippen LogP contribution in [0.2, 0.25) is 0 Å². The molecule has 110 valence electrons. The van der Waals surface area contributed by atoms with Crippen LogP contribution in [-0.4, -0.2) is 23.8 Å². The van der Waals surface area contributed by atoms with Gasteiger partial charge in [0.25, 0.3) is 0 Å². The number of hydrogen-bond acceptors (Lipinski definition) is 4. The van der Waals surface area contributed by atoms with Crippen LogP contribution in [-0.2, 0) is 9.53 Å². The number of benzene rings is 1. The van der Waals surface area contributed by atoms with Crippen LogP contribution in [0.15, 0.2) is 36.5 Å². The van der Waals surface area contributed by atoms with Crippen LogP contribution in [0.1, 0.15) is 36.5 Å². The van der Waals surface area contributed by atoms with Crippen molar-refractivity contribution in [3.8, 4) is 0 Å². The van der Waals surface area contributed by atoms with Gasteiger partial charge < -0.3 is 4.74 Å². The summed E-state index contributed by atoms with van der Waals surface area (Å²) in [6.45, 7) is 2.03. The summed E-state index contributed by atoms with van der Waals surface area (Å²) in [5, 5.41) is 0.891. The number of hydrogen-bond donors (Lipinski definition) is 0. The van der Waals surface area contributed by atoms with Crippen LogP contribution < -0.4 is 0 Å². The van der Waals surface area contributed by atoms with Crippen LogP contribution in [0.5, 0.6) is 0 Å². The number of unbranched alkanes of at least 4 members (excludes halogenated alkanes) is 1. The average molecular weight is 285 g/mol. The average Bonchev–Trinajstić information content (AvgIpc) is 2.54. The minimum absolute atomic E-state index is 0.180. The quantitative estimate of drug-likeness (QED) is 0.464. The predicted molar refractivity (Wildman–Crippen MR) is 81.1 cm³/mol. The molecule has 1 unspecified atom stereocenters. The first-order chi connectivity index (χ1) is 10.2. The van der Waals surface area contributed by atoms with Crippen LogP contribution >= 0.6 is 0 Å². The van der Waals surface area contributed by atoms with E-state index in [0.29, 0.717) is 12.0 Å². The fraction of sp³-hybridized carbons (Fsp3) is 0.353. The van der Waals surface area contributed by atoms with Crippen molar-refractivity contribution in [2.45, 2.75) is 26.2 Å². The second kappa shape index (κ2) is 6.97. The van der Waals surface area contributed by atoms with Gasteiger partial charge in [0.15, 0.2) is 5.78 Å². The third-order valence-corrected chi connectivity index (χ3v) is 3.54. The number of esters is 1. The first kappa shape index (κ1) is 15.2. The Hall–Kier alpha value is -2.23. The third kappa shape index (κ3) is 3.45. The molecule has 1 aromatic carbocycles. The zero-order valence-electron chi connectivity index (χ0n) is 12.3. The van der Waals surface area contributed by atoms with E-state index in [1.807, 2.05) is 19.1 Å². The number of methoxy groups -OCH3 is 1. The lowest BCUT2D eigenvalue weighted by molar-refractivity contribution is -0.143. The molecule has 0 saturated heterocycles. The smallest absolute Gasteiger partial charge is 0.316 e. The van der Waals surface area contributed by atoms with Gasteiger partial charge in [0.05, 0.1) is 12.6 Å². The molecule has 0 aliphatic carbocycles. The molecule has 0 N–H and O–H groups in total. The number of rotatable bonds is 6. The van der Waals surface area contributed by atoms with E-state index in [-0.39, 0.29) is 5.78 Å². The summed E-state index contributed by atoms with van der Waals surface area (Å²) in [5.41, 5.74) is 1.36. The normalized spacial score (nSPS) is 12.1. The highest BCUT2D eigenvalue weighted by Gasteiger charge is 2.27. The number of carbonyl (C=O) groups excluding carboxylic acids is 2. The molecular formula is C17H19NO3. The molecule has 2 aromatic rings. The number of Topliss-reactive ketones (excluding diaryl/α,β-unsaturated/α-hetero) is 1. The van der Waals surface area contributed by atoms with Gasteiger partial charge in [0.2, 0.25) is 0 Å². The highest BCUT2D eigenvalue weighted by Crippen LogP contribution is 2.20. The SMILES string of the molecule is CCCCC(C(=O)OC)C(=O)c1ccc2ncccc2c1. The van der Waals surface area contributed by atoms with Crippen molar-refractivity contribution < 1.29 is 14.3 Å². The number of fused-ring (bicyclic) bond motifs is 1. The molecule has 0 aliphatic rings. The molecule has 0 amide bonds. The van der Waals surface area contributed by atoms with E-state index in [2.05, 4.69) is 4.98 Å². The lowest BCUT2D eigenvalue weighted by atomic mass is 9.92. The van der Waals surface area contributed by atoms with Gasteiger partial charge in [-0.15, -0.1) is 0 Å². The molecule has 1 aromatic heterocycles. The van der Waals surface area contributed by atoms with Crippen molar-refractivity contribution in [3.63, 3.8) is 0 Å². The molecule has 0 spiro atoms. The maximum Gasteiger partial charge on any atom is 0.316 e. The summed E-state index contributed by atoms with van der Waals surface area (Å²) in [6.07, 6.45) is 3.98. The number of nitrogens with zero attached hydrogens (tertiary/aromatic N) is 1. The van der Waals surface area contributed by atoms with Crippen LogP contribution in [0.3, 0.4) is 0 Å². The van der Waals surface area contributed by atoms with Gasteiger partial charge in [-0.3, -0.25) is 14.6 Å². The van der Waals surface area contributed by atoms with Crippen molar-refractivity contribution in [1.82, 2.24) is 4.98 Å². The highest BCUT2D eigenvalue weighted by molar-refractivity contribution is 6.09. The molecule has 4 heteroatoms. The summed E-state index contributed by atoms with van der Waals surface area (Å²) < 4.78 is 4.77. The number of carbonyl (C=O) groups is 2. The summed E-state index contributed by atoms with van der Waals surface area (Å²) in [6, 6.07) is 9.03. The maximum absolute atomic E-state index is 12.6. The Morgan fingerprint density at radius 3 is 2.81 bits per heavy atom. The molecule has 1 atom stereocenters. The molecule has 0 aliphatic heterocycles. The molecule has 0 radical (unpaired) electrons. The van der Waals surface area contributed by atoms with Gasteiger partial charge in [-0.1, -0.05) is 25.8 Å². The second-order valence-electron chi connectivity index (χ2n) is 4.99. The van der Waals surface area contributed by atoms with E-state index in [9.17, 15) is 9.59 Å². The Balaban J connectivity index is 2.31. The topological polar surface area (TPSA) is 56.3 Å². The van der Waals surface area contributed by atoms with Gasteiger partial charge >= 0.3 is 5.97 Å². The molecule has 0 fully saturated rings. The van der Waals surface area contributed by atoms with E-state index in [0.717, 1.165) is 23.7 Å². The summed E-state index contributed by atoms with van der Waals surface area (Å²) >= 11 is 0. The van der Waals surface area contributed by atoms with Crippen LogP contribution in [0.25, 0.3) is 10.9 Å². The van der Waals surface area contributed by atoms with Gasteiger partial charge in [0.1, 0.15) is 5.92 Å². The fourth-order valence-corrected chi connectivity index (χ4v) is 2.34. The zero-order chi connectivity index (χ0) is 15.2. The molecule has 0 saturated carbocycles. The van der Waals surface area contributed by atoms with E-state index >= 15 is 0 Å². The van der Waals surface area contributed by atoms with E-state index in [4.69, 9.17) is 4.74 Å². The van der Waals surface area contributed by atoms with E-state index in [1.165, 1.54) is 7.11 Å². The van der Waals surface area contributed by atoms with Crippen molar-refractivity contribution in [2.24, 2.45) is 5.92 Å². The van der Waals surface area contributed by atoms with Crippen molar-refractivity contribution in [1.29, 1.82) is 0 Å². The Bertz CT molecular complexity index is 651. The van der Waals surface area contributed by atoms with Crippen LogP contribution in [0, 0.1) is 5.92 Å². The lowest BCUT2D eigenvalue weighted by Crippen LogP contribution is -2.25.